The van der Waals surface area contributed by atoms with Gasteiger partial charge < -0.3 is 10.6 Å². The van der Waals surface area contributed by atoms with Gasteiger partial charge in [-0.05, 0) is 13.0 Å². The average Bonchev–Trinajstić information content (AvgIpc) is 2.87. The highest BCUT2D eigenvalue weighted by molar-refractivity contribution is 5.92. The van der Waals surface area contributed by atoms with Gasteiger partial charge in [-0.2, -0.15) is 5.10 Å². The van der Waals surface area contributed by atoms with Crippen molar-refractivity contribution in [3.8, 4) is 0 Å². The number of pyridine rings is 1. The fraction of sp³-hybridized carbons (Fsp3) is 0.188. The van der Waals surface area contributed by atoms with E-state index in [0.29, 0.717) is 11.3 Å². The molecule has 0 aliphatic carbocycles. The summed E-state index contributed by atoms with van der Waals surface area (Å²) in [5, 5.41) is 21.4. The summed E-state index contributed by atoms with van der Waals surface area (Å²) in [5.41, 5.74) is 2.46. The lowest BCUT2D eigenvalue weighted by atomic mass is 10.2. The fourth-order valence-electron chi connectivity index (χ4n) is 2.57. The lowest BCUT2D eigenvalue weighted by molar-refractivity contribution is -0.385. The number of carbonyl (C=O) groups is 1. The highest BCUT2D eigenvalue weighted by Crippen LogP contribution is 2.20. The Morgan fingerprint density at radius 1 is 1.36 bits per heavy atom. The molecule has 128 valence electrons. The van der Waals surface area contributed by atoms with Crippen LogP contribution in [0.1, 0.15) is 11.3 Å². The molecule has 0 spiro atoms. The van der Waals surface area contributed by atoms with E-state index in [9.17, 15) is 14.9 Å². The van der Waals surface area contributed by atoms with Crippen molar-refractivity contribution in [3.05, 3.63) is 57.9 Å². The smallest absolute Gasteiger partial charge is 0.319 e. The summed E-state index contributed by atoms with van der Waals surface area (Å²) in [6.07, 6.45) is 1.54. The van der Waals surface area contributed by atoms with E-state index in [2.05, 4.69) is 20.7 Å². The average molecular weight is 340 g/mol. The normalized spacial score (nSPS) is 10.6. The zero-order chi connectivity index (χ0) is 18.0. The standard InChI is InChI=1S/C16H16N6O3/c1-10-13-7-12(9-17-15(13)21(2)20-10)19-16(23)18-8-11-5-3-4-6-14(11)22(24)25/h3-7,9H,8H2,1-2H3,(H2,18,19,23). The van der Waals surface area contributed by atoms with E-state index >= 15 is 0 Å². The molecule has 25 heavy (non-hydrogen) atoms. The number of hydrogen-bond donors (Lipinski definition) is 2. The minimum atomic E-state index is -0.474. The van der Waals surface area contributed by atoms with Crippen LogP contribution in [0.4, 0.5) is 16.2 Å². The first-order valence-electron chi connectivity index (χ1n) is 7.52. The summed E-state index contributed by atoms with van der Waals surface area (Å²) >= 11 is 0. The minimum absolute atomic E-state index is 0.0307. The molecule has 2 heterocycles. The summed E-state index contributed by atoms with van der Waals surface area (Å²) < 4.78 is 1.67. The van der Waals surface area contributed by atoms with E-state index in [1.54, 1.807) is 36.0 Å². The molecule has 0 bridgehead atoms. The monoisotopic (exact) mass is 340 g/mol. The summed E-state index contributed by atoms with van der Waals surface area (Å²) in [6, 6.07) is 7.59. The largest absolute Gasteiger partial charge is 0.334 e. The van der Waals surface area contributed by atoms with Gasteiger partial charge in [0, 0.05) is 24.1 Å². The predicted molar refractivity (Wildman–Crippen MR) is 92.2 cm³/mol. The molecule has 1 aromatic carbocycles. The van der Waals surface area contributed by atoms with Crippen molar-refractivity contribution >= 4 is 28.4 Å². The Labute approximate surface area is 142 Å². The number of aryl methyl sites for hydroxylation is 2. The zero-order valence-corrected chi connectivity index (χ0v) is 13.7. The summed E-state index contributed by atoms with van der Waals surface area (Å²) in [7, 11) is 1.80. The van der Waals surface area contributed by atoms with Gasteiger partial charge in [0.2, 0.25) is 0 Å². The van der Waals surface area contributed by atoms with Crippen LogP contribution < -0.4 is 10.6 Å². The first kappa shape index (κ1) is 16.4. The minimum Gasteiger partial charge on any atom is -0.334 e. The summed E-state index contributed by atoms with van der Waals surface area (Å²) in [5.74, 6) is 0. The quantitative estimate of drug-likeness (QED) is 0.559. The maximum Gasteiger partial charge on any atom is 0.319 e. The van der Waals surface area contributed by atoms with Crippen molar-refractivity contribution in [1.29, 1.82) is 0 Å². The van der Waals surface area contributed by atoms with Crippen LogP contribution in [0.25, 0.3) is 11.0 Å². The topological polar surface area (TPSA) is 115 Å². The third-order valence-electron chi connectivity index (χ3n) is 3.75. The molecule has 3 rings (SSSR count). The second kappa shape index (κ2) is 6.56. The van der Waals surface area contributed by atoms with E-state index in [-0.39, 0.29) is 12.2 Å². The third-order valence-corrected chi connectivity index (χ3v) is 3.75. The van der Waals surface area contributed by atoms with E-state index in [0.717, 1.165) is 16.7 Å². The van der Waals surface area contributed by atoms with Crippen LogP contribution in [0.5, 0.6) is 0 Å². The van der Waals surface area contributed by atoms with Crippen LogP contribution in [-0.2, 0) is 13.6 Å². The van der Waals surface area contributed by atoms with Crippen LogP contribution >= 0.6 is 0 Å². The maximum absolute atomic E-state index is 12.1. The molecule has 0 atom stereocenters. The molecule has 3 aromatic rings. The molecule has 0 aliphatic rings. The number of urea groups is 1. The van der Waals surface area contributed by atoms with Gasteiger partial charge in [-0.3, -0.25) is 14.8 Å². The van der Waals surface area contributed by atoms with Crippen LogP contribution in [0.2, 0.25) is 0 Å². The van der Waals surface area contributed by atoms with Crippen molar-refractivity contribution in [3.63, 3.8) is 0 Å². The summed E-state index contributed by atoms with van der Waals surface area (Å²) in [4.78, 5) is 26.8. The Balaban J connectivity index is 1.69. The van der Waals surface area contributed by atoms with Crippen molar-refractivity contribution < 1.29 is 9.72 Å². The van der Waals surface area contributed by atoms with Crippen molar-refractivity contribution in [2.45, 2.75) is 13.5 Å². The molecular formula is C16H16N6O3. The van der Waals surface area contributed by atoms with Crippen molar-refractivity contribution in [2.75, 3.05) is 5.32 Å². The number of fused-ring (bicyclic) bond motifs is 1. The first-order chi connectivity index (χ1) is 12.0. The molecule has 0 unspecified atom stereocenters. The zero-order valence-electron chi connectivity index (χ0n) is 13.7. The lowest BCUT2D eigenvalue weighted by Gasteiger charge is -2.08. The Bertz CT molecular complexity index is 966. The van der Waals surface area contributed by atoms with Crippen molar-refractivity contribution in [2.24, 2.45) is 7.05 Å². The van der Waals surface area contributed by atoms with E-state index in [4.69, 9.17) is 0 Å². The van der Waals surface area contributed by atoms with E-state index in [1.807, 2.05) is 6.92 Å². The molecular weight excluding hydrogens is 324 g/mol. The molecule has 0 aliphatic heterocycles. The number of hydrogen-bond acceptors (Lipinski definition) is 5. The number of benzene rings is 1. The number of anilines is 1. The van der Waals surface area contributed by atoms with Gasteiger partial charge in [-0.25, -0.2) is 9.78 Å². The Morgan fingerprint density at radius 2 is 2.12 bits per heavy atom. The van der Waals surface area contributed by atoms with Gasteiger partial charge in [-0.15, -0.1) is 0 Å². The number of nitrogens with zero attached hydrogens (tertiary/aromatic N) is 4. The van der Waals surface area contributed by atoms with Gasteiger partial charge in [0.1, 0.15) is 0 Å². The Kier molecular flexibility index (Phi) is 4.29. The fourth-order valence-corrected chi connectivity index (χ4v) is 2.57. The molecule has 2 N–H and O–H groups in total. The molecule has 2 amide bonds. The Hall–Kier alpha value is -3.49. The Morgan fingerprint density at radius 3 is 2.88 bits per heavy atom. The number of para-hydroxylation sites is 1. The lowest BCUT2D eigenvalue weighted by Crippen LogP contribution is -2.28. The number of nitro benzene ring substituents is 1. The van der Waals surface area contributed by atoms with E-state index < -0.39 is 11.0 Å². The number of nitrogens with one attached hydrogen (secondary N) is 2. The molecule has 0 saturated heterocycles. The SMILES string of the molecule is Cc1nn(C)c2ncc(NC(=O)NCc3ccccc3[N+](=O)[O-])cc12. The van der Waals surface area contributed by atoms with Crippen LogP contribution in [0.3, 0.4) is 0 Å². The molecule has 0 saturated carbocycles. The second-order valence-corrected chi connectivity index (χ2v) is 5.50. The molecule has 9 heteroatoms. The van der Waals surface area contributed by atoms with Crippen LogP contribution in [-0.4, -0.2) is 25.7 Å². The number of rotatable bonds is 4. The molecule has 0 fully saturated rings. The van der Waals surface area contributed by atoms with Gasteiger partial charge in [0.15, 0.2) is 5.65 Å². The third kappa shape index (κ3) is 3.39. The number of aromatic nitrogens is 3. The van der Waals surface area contributed by atoms with Gasteiger partial charge in [0.25, 0.3) is 5.69 Å². The van der Waals surface area contributed by atoms with E-state index in [1.165, 1.54) is 12.3 Å². The molecule has 9 nitrogen and oxygen atoms in total. The number of amides is 2. The molecule has 2 aromatic heterocycles. The predicted octanol–water partition coefficient (Wildman–Crippen LogP) is 2.51. The van der Waals surface area contributed by atoms with Gasteiger partial charge in [0.05, 0.1) is 29.0 Å². The van der Waals surface area contributed by atoms with Gasteiger partial charge >= 0.3 is 6.03 Å². The summed E-state index contributed by atoms with van der Waals surface area (Å²) in [6.45, 7) is 1.91. The highest BCUT2D eigenvalue weighted by atomic mass is 16.6. The van der Waals surface area contributed by atoms with Gasteiger partial charge in [-0.1, -0.05) is 18.2 Å². The maximum atomic E-state index is 12.1. The molecule has 0 radical (unpaired) electrons. The first-order valence-corrected chi connectivity index (χ1v) is 7.52. The number of nitro groups is 1. The second-order valence-electron chi connectivity index (χ2n) is 5.50. The van der Waals surface area contributed by atoms with Crippen molar-refractivity contribution in [1.82, 2.24) is 20.1 Å². The van der Waals surface area contributed by atoms with Crippen LogP contribution in [0, 0.1) is 17.0 Å². The van der Waals surface area contributed by atoms with Crippen LogP contribution in [0.15, 0.2) is 36.5 Å². The highest BCUT2D eigenvalue weighted by Gasteiger charge is 2.13. The number of carbonyl (C=O) groups excluding carboxylic acids is 1.